The lowest BCUT2D eigenvalue weighted by atomic mass is 9.72. The number of benzene rings is 1. The predicted octanol–water partition coefficient (Wildman–Crippen LogP) is 1.54. The number of anilines is 1. The van der Waals surface area contributed by atoms with Crippen molar-refractivity contribution in [3.8, 4) is 0 Å². The van der Waals surface area contributed by atoms with E-state index in [0.717, 1.165) is 18.7 Å². The number of Topliss-reactive ketones (excluding diaryl/α,β-unsaturated/α-hetero) is 1. The van der Waals surface area contributed by atoms with Crippen molar-refractivity contribution in [2.75, 3.05) is 4.90 Å². The minimum atomic E-state index is -1.64. The third kappa shape index (κ3) is 2.99. The number of hydrogen-bond donors (Lipinski definition) is 0. The molecular weight excluding hydrogens is 406 g/mol. The number of ketones is 1. The van der Waals surface area contributed by atoms with Gasteiger partial charge in [-0.15, -0.1) is 0 Å². The molecule has 4 rings (SSSR count). The average Bonchev–Trinajstić information content (AvgIpc) is 3.26. The number of carbonyl (C=O) groups excluding carboxylic acids is 5. The largest absolute Gasteiger partial charge is 0.422 e. The Morgan fingerprint density at radius 3 is 2.19 bits per heavy atom. The molecule has 3 heterocycles. The van der Waals surface area contributed by atoms with Crippen LogP contribution >= 0.6 is 0 Å². The summed E-state index contributed by atoms with van der Waals surface area (Å²) in [6, 6.07) is 6.21. The van der Waals surface area contributed by atoms with Crippen LogP contribution in [0.1, 0.15) is 38.1 Å². The standard InChI is InChI=1S/C22H21NO8/c1-11(24)14-6-5-7-15(10-14)23-18(27)16-17(19(23)28)22(9-8-21(16,4)31-22)20(29-12(2)25)30-13(3)26/h5-10,16-17,20H,1-4H3/t16-,17+,21-,22+/m1/s1. The van der Waals surface area contributed by atoms with Crippen LogP contribution in [0.2, 0.25) is 0 Å². The molecule has 0 saturated carbocycles. The third-order valence-electron chi connectivity index (χ3n) is 5.91. The molecule has 0 N–H and O–H groups in total. The summed E-state index contributed by atoms with van der Waals surface area (Å²) in [7, 11) is 0. The molecule has 3 aliphatic heterocycles. The minimum Gasteiger partial charge on any atom is -0.422 e. The molecule has 1 aromatic carbocycles. The zero-order chi connectivity index (χ0) is 22.7. The van der Waals surface area contributed by atoms with E-state index in [1.807, 2.05) is 0 Å². The van der Waals surface area contributed by atoms with E-state index in [4.69, 9.17) is 14.2 Å². The van der Waals surface area contributed by atoms with E-state index in [2.05, 4.69) is 0 Å². The molecule has 162 valence electrons. The Morgan fingerprint density at radius 1 is 1.00 bits per heavy atom. The van der Waals surface area contributed by atoms with Crippen LogP contribution < -0.4 is 4.90 Å². The van der Waals surface area contributed by atoms with Crippen molar-refractivity contribution in [1.29, 1.82) is 0 Å². The SMILES string of the molecule is CC(=O)OC(OC(C)=O)[C@@]12C=C[C@@](C)(O1)[C@H]1C(=O)N(c3cccc(C(C)=O)c3)C(=O)[C@H]12. The minimum absolute atomic E-state index is 0.209. The monoisotopic (exact) mass is 427 g/mol. The van der Waals surface area contributed by atoms with E-state index in [1.165, 1.54) is 19.1 Å². The van der Waals surface area contributed by atoms with Crippen LogP contribution in [0.4, 0.5) is 5.69 Å². The number of amides is 2. The van der Waals surface area contributed by atoms with Crippen molar-refractivity contribution < 1.29 is 38.2 Å². The summed E-state index contributed by atoms with van der Waals surface area (Å²) in [5.41, 5.74) is -2.20. The lowest BCUT2D eigenvalue weighted by Crippen LogP contribution is -2.52. The summed E-state index contributed by atoms with van der Waals surface area (Å²) < 4.78 is 16.5. The second kappa shape index (κ2) is 6.84. The summed E-state index contributed by atoms with van der Waals surface area (Å²) in [6.07, 6.45) is 1.59. The molecule has 0 aromatic heterocycles. The van der Waals surface area contributed by atoms with Crippen LogP contribution in [0, 0.1) is 11.8 Å². The van der Waals surface area contributed by atoms with Gasteiger partial charge in [0.2, 0.25) is 11.8 Å². The number of hydrogen-bond acceptors (Lipinski definition) is 8. The van der Waals surface area contributed by atoms with Gasteiger partial charge in [0, 0.05) is 19.4 Å². The lowest BCUT2D eigenvalue weighted by Gasteiger charge is -2.34. The molecule has 2 fully saturated rings. The van der Waals surface area contributed by atoms with Gasteiger partial charge < -0.3 is 14.2 Å². The van der Waals surface area contributed by atoms with E-state index >= 15 is 0 Å². The van der Waals surface area contributed by atoms with Crippen LogP contribution in [-0.4, -0.2) is 47.0 Å². The van der Waals surface area contributed by atoms with Crippen molar-refractivity contribution in [1.82, 2.24) is 0 Å². The third-order valence-corrected chi connectivity index (χ3v) is 5.91. The highest BCUT2D eigenvalue weighted by Crippen LogP contribution is 2.59. The van der Waals surface area contributed by atoms with E-state index in [-0.39, 0.29) is 11.5 Å². The van der Waals surface area contributed by atoms with Crippen molar-refractivity contribution in [2.24, 2.45) is 11.8 Å². The Kier molecular flexibility index (Phi) is 4.62. The topological polar surface area (TPSA) is 116 Å². The van der Waals surface area contributed by atoms with Gasteiger partial charge in [-0.1, -0.05) is 18.2 Å². The van der Waals surface area contributed by atoms with Crippen LogP contribution in [0.3, 0.4) is 0 Å². The number of carbonyl (C=O) groups is 5. The smallest absolute Gasteiger partial charge is 0.305 e. The highest BCUT2D eigenvalue weighted by atomic mass is 16.7. The average molecular weight is 427 g/mol. The molecule has 2 saturated heterocycles. The van der Waals surface area contributed by atoms with E-state index in [1.54, 1.807) is 31.2 Å². The fourth-order valence-electron chi connectivity index (χ4n) is 4.68. The fraction of sp³-hybridized carbons (Fsp3) is 0.409. The predicted molar refractivity (Wildman–Crippen MR) is 105 cm³/mol. The van der Waals surface area contributed by atoms with E-state index in [9.17, 15) is 24.0 Å². The first kappa shape index (κ1) is 20.9. The van der Waals surface area contributed by atoms with Crippen molar-refractivity contribution in [3.63, 3.8) is 0 Å². The Labute approximate surface area is 177 Å². The molecule has 0 aliphatic carbocycles. The molecule has 2 bridgehead atoms. The molecule has 2 amide bonds. The summed E-state index contributed by atoms with van der Waals surface area (Å²) in [5.74, 6) is -4.78. The molecule has 9 heteroatoms. The van der Waals surface area contributed by atoms with Crippen molar-refractivity contribution in [2.45, 2.75) is 45.2 Å². The van der Waals surface area contributed by atoms with Gasteiger partial charge in [-0.2, -0.15) is 0 Å². The molecule has 9 nitrogen and oxygen atoms in total. The fourth-order valence-corrected chi connectivity index (χ4v) is 4.68. The van der Waals surface area contributed by atoms with Gasteiger partial charge in [0.1, 0.15) is 0 Å². The van der Waals surface area contributed by atoms with Crippen LogP contribution in [-0.2, 0) is 33.4 Å². The second-order valence-electron chi connectivity index (χ2n) is 8.10. The number of esters is 2. The number of ether oxygens (including phenoxy) is 3. The molecule has 3 aliphatic rings. The molecule has 0 spiro atoms. The molecule has 4 atom stereocenters. The highest BCUT2D eigenvalue weighted by Gasteiger charge is 2.75. The maximum atomic E-state index is 13.5. The molecule has 31 heavy (non-hydrogen) atoms. The summed E-state index contributed by atoms with van der Waals surface area (Å²) in [5, 5.41) is 0. The van der Waals surface area contributed by atoms with Crippen LogP contribution in [0.15, 0.2) is 36.4 Å². The maximum absolute atomic E-state index is 13.5. The molecule has 1 aromatic rings. The first-order chi connectivity index (χ1) is 14.5. The summed E-state index contributed by atoms with van der Waals surface area (Å²) in [4.78, 5) is 63.0. The Balaban J connectivity index is 1.79. The first-order valence-corrected chi connectivity index (χ1v) is 9.74. The molecule has 0 radical (unpaired) electrons. The van der Waals surface area contributed by atoms with E-state index in [0.29, 0.717) is 5.56 Å². The summed E-state index contributed by atoms with van der Waals surface area (Å²) in [6.45, 7) is 5.31. The first-order valence-electron chi connectivity index (χ1n) is 9.74. The van der Waals surface area contributed by atoms with Crippen molar-refractivity contribution >= 4 is 35.2 Å². The Morgan fingerprint density at radius 2 is 1.61 bits per heavy atom. The van der Waals surface area contributed by atoms with Gasteiger partial charge >= 0.3 is 11.9 Å². The van der Waals surface area contributed by atoms with Gasteiger partial charge in [0.05, 0.1) is 23.1 Å². The van der Waals surface area contributed by atoms with E-state index < -0.39 is 53.1 Å². The lowest BCUT2D eigenvalue weighted by molar-refractivity contribution is -0.231. The Bertz CT molecular complexity index is 1050. The maximum Gasteiger partial charge on any atom is 0.305 e. The van der Waals surface area contributed by atoms with Crippen molar-refractivity contribution in [3.05, 3.63) is 42.0 Å². The van der Waals surface area contributed by atoms with Gasteiger partial charge in [-0.05, 0) is 32.1 Å². The van der Waals surface area contributed by atoms with Gasteiger partial charge in [-0.25, -0.2) is 4.90 Å². The number of rotatable bonds is 5. The van der Waals surface area contributed by atoms with Gasteiger partial charge in [0.25, 0.3) is 6.29 Å². The van der Waals surface area contributed by atoms with Crippen LogP contribution in [0.25, 0.3) is 0 Å². The number of fused-ring (bicyclic) bond motifs is 5. The Hall–Kier alpha value is -3.33. The summed E-state index contributed by atoms with van der Waals surface area (Å²) >= 11 is 0. The molecule has 0 unspecified atom stereocenters. The van der Waals surface area contributed by atoms with Gasteiger partial charge in [-0.3, -0.25) is 24.0 Å². The second-order valence-corrected chi connectivity index (χ2v) is 8.10. The quantitative estimate of drug-likeness (QED) is 0.228. The zero-order valence-electron chi connectivity index (χ0n) is 17.4. The zero-order valence-corrected chi connectivity index (χ0v) is 17.4. The normalized spacial score (nSPS) is 30.7. The van der Waals surface area contributed by atoms with Gasteiger partial charge in [0.15, 0.2) is 11.4 Å². The highest BCUT2D eigenvalue weighted by molar-refractivity contribution is 6.23. The number of nitrogens with zero attached hydrogens (tertiary/aromatic N) is 1. The molecular formula is C22H21NO8. The van der Waals surface area contributed by atoms with Crippen LogP contribution in [0.5, 0.6) is 0 Å². The number of imide groups is 1.